The number of aromatic nitrogens is 1. The topological polar surface area (TPSA) is 55.1 Å². The predicted molar refractivity (Wildman–Crippen MR) is 73.8 cm³/mol. The van der Waals surface area contributed by atoms with Gasteiger partial charge in [0.1, 0.15) is 28.3 Å². The van der Waals surface area contributed by atoms with Crippen LogP contribution in [0.3, 0.4) is 0 Å². The summed E-state index contributed by atoms with van der Waals surface area (Å²) < 4.78 is 10.9. The number of hydrogen-bond acceptors (Lipinski definition) is 4. The SMILES string of the molecule is COc1ccc2c(OC(C)C)cc(C#N)nc2c1Cl. The standard InChI is InChI=1S/C14H13ClN2O2/c1-8(2)19-12-6-9(7-16)17-14-10(12)4-5-11(18-3)13(14)15/h4-6,8H,1-3H3. The Bertz CT molecular complexity index is 663. The maximum atomic E-state index is 9.03. The van der Waals surface area contributed by atoms with Crippen molar-refractivity contribution in [2.75, 3.05) is 7.11 Å². The van der Waals surface area contributed by atoms with E-state index in [2.05, 4.69) is 4.98 Å². The summed E-state index contributed by atoms with van der Waals surface area (Å²) in [5.74, 6) is 1.12. The molecule has 0 aliphatic rings. The largest absolute Gasteiger partial charge is 0.495 e. The van der Waals surface area contributed by atoms with Crippen LogP contribution in [-0.4, -0.2) is 18.2 Å². The Labute approximate surface area is 116 Å². The van der Waals surface area contributed by atoms with Crippen LogP contribution in [0.5, 0.6) is 11.5 Å². The molecule has 0 spiro atoms. The Kier molecular flexibility index (Phi) is 3.77. The predicted octanol–water partition coefficient (Wildman–Crippen LogP) is 3.56. The molecular formula is C14H13ClN2O2. The van der Waals surface area contributed by atoms with Crippen LogP contribution in [0.25, 0.3) is 10.9 Å². The number of hydrogen-bond donors (Lipinski definition) is 0. The first-order valence-electron chi connectivity index (χ1n) is 5.80. The molecule has 5 heteroatoms. The van der Waals surface area contributed by atoms with Gasteiger partial charge in [0.05, 0.1) is 18.7 Å². The number of nitrogens with zero attached hydrogens (tertiary/aromatic N) is 2. The van der Waals surface area contributed by atoms with Crippen LogP contribution in [0.15, 0.2) is 18.2 Å². The molecule has 1 heterocycles. The van der Waals surface area contributed by atoms with E-state index in [0.717, 1.165) is 5.39 Å². The molecule has 0 aliphatic carbocycles. The zero-order valence-electron chi connectivity index (χ0n) is 10.9. The van der Waals surface area contributed by atoms with Crippen LogP contribution in [0.1, 0.15) is 19.5 Å². The molecule has 0 saturated carbocycles. The minimum atomic E-state index is -0.00183. The lowest BCUT2D eigenvalue weighted by Crippen LogP contribution is -2.06. The highest BCUT2D eigenvalue weighted by molar-refractivity contribution is 6.36. The monoisotopic (exact) mass is 276 g/mol. The van der Waals surface area contributed by atoms with Gasteiger partial charge in [-0.25, -0.2) is 4.98 Å². The van der Waals surface area contributed by atoms with E-state index in [4.69, 9.17) is 26.3 Å². The van der Waals surface area contributed by atoms with Crippen LogP contribution in [0.4, 0.5) is 0 Å². The lowest BCUT2D eigenvalue weighted by Gasteiger charge is -2.14. The zero-order chi connectivity index (χ0) is 14.0. The minimum absolute atomic E-state index is 0.00183. The van der Waals surface area contributed by atoms with Crippen LogP contribution >= 0.6 is 11.6 Å². The summed E-state index contributed by atoms with van der Waals surface area (Å²) in [6.07, 6.45) is -0.00183. The second-order valence-electron chi connectivity index (χ2n) is 4.26. The highest BCUT2D eigenvalue weighted by Gasteiger charge is 2.14. The van der Waals surface area contributed by atoms with Gasteiger partial charge in [0.2, 0.25) is 0 Å². The summed E-state index contributed by atoms with van der Waals surface area (Å²) in [7, 11) is 1.53. The van der Waals surface area contributed by atoms with Crippen molar-refractivity contribution < 1.29 is 9.47 Å². The quantitative estimate of drug-likeness (QED) is 0.860. The molecule has 2 rings (SSSR count). The molecule has 0 bridgehead atoms. The van der Waals surface area contributed by atoms with Crippen LogP contribution < -0.4 is 9.47 Å². The van der Waals surface area contributed by atoms with E-state index in [9.17, 15) is 0 Å². The van der Waals surface area contributed by atoms with Gasteiger partial charge >= 0.3 is 0 Å². The lowest BCUT2D eigenvalue weighted by atomic mass is 10.1. The first-order chi connectivity index (χ1) is 9.06. The molecule has 0 radical (unpaired) electrons. The highest BCUT2D eigenvalue weighted by Crippen LogP contribution is 2.36. The Morgan fingerprint density at radius 3 is 2.63 bits per heavy atom. The summed E-state index contributed by atoms with van der Waals surface area (Å²) in [4.78, 5) is 4.22. The van der Waals surface area contributed by atoms with E-state index < -0.39 is 0 Å². The maximum Gasteiger partial charge on any atom is 0.144 e. The molecule has 19 heavy (non-hydrogen) atoms. The third kappa shape index (κ3) is 2.56. The molecule has 0 atom stereocenters. The van der Waals surface area contributed by atoms with Crippen molar-refractivity contribution in [3.8, 4) is 17.6 Å². The molecule has 1 aromatic heterocycles. The summed E-state index contributed by atoms with van der Waals surface area (Å²) in [6.45, 7) is 3.84. The fourth-order valence-corrected chi connectivity index (χ4v) is 2.06. The van der Waals surface area contributed by atoms with Gasteiger partial charge in [-0.15, -0.1) is 0 Å². The van der Waals surface area contributed by atoms with Crippen molar-refractivity contribution >= 4 is 22.5 Å². The van der Waals surface area contributed by atoms with E-state index in [0.29, 0.717) is 22.0 Å². The number of benzene rings is 1. The van der Waals surface area contributed by atoms with E-state index in [1.165, 1.54) is 7.11 Å². The Morgan fingerprint density at radius 2 is 2.05 bits per heavy atom. The third-order valence-electron chi connectivity index (χ3n) is 2.54. The molecule has 0 fully saturated rings. The van der Waals surface area contributed by atoms with Crippen LogP contribution in [0, 0.1) is 11.3 Å². The van der Waals surface area contributed by atoms with Gasteiger partial charge < -0.3 is 9.47 Å². The molecule has 0 N–H and O–H groups in total. The lowest BCUT2D eigenvalue weighted by molar-refractivity contribution is 0.245. The van der Waals surface area contributed by atoms with Crippen molar-refractivity contribution in [1.29, 1.82) is 5.26 Å². The van der Waals surface area contributed by atoms with Crippen LogP contribution in [-0.2, 0) is 0 Å². The summed E-state index contributed by atoms with van der Waals surface area (Å²) in [6, 6.07) is 7.20. The molecule has 2 aromatic rings. The fourth-order valence-electron chi connectivity index (χ4n) is 1.78. The van der Waals surface area contributed by atoms with Gasteiger partial charge in [0.25, 0.3) is 0 Å². The first kappa shape index (κ1) is 13.4. The van der Waals surface area contributed by atoms with Crippen molar-refractivity contribution in [2.24, 2.45) is 0 Å². The van der Waals surface area contributed by atoms with E-state index >= 15 is 0 Å². The van der Waals surface area contributed by atoms with Gasteiger partial charge in [-0.05, 0) is 26.0 Å². The number of ether oxygens (including phenoxy) is 2. The van der Waals surface area contributed by atoms with Gasteiger partial charge in [-0.2, -0.15) is 5.26 Å². The number of methoxy groups -OCH3 is 1. The normalized spacial score (nSPS) is 10.5. The zero-order valence-corrected chi connectivity index (χ0v) is 11.7. The maximum absolute atomic E-state index is 9.03. The molecule has 0 amide bonds. The van der Waals surface area contributed by atoms with Gasteiger partial charge in [0.15, 0.2) is 0 Å². The smallest absolute Gasteiger partial charge is 0.144 e. The second-order valence-corrected chi connectivity index (χ2v) is 4.64. The number of pyridine rings is 1. The van der Waals surface area contributed by atoms with Crippen molar-refractivity contribution in [2.45, 2.75) is 20.0 Å². The van der Waals surface area contributed by atoms with Crippen LogP contribution in [0.2, 0.25) is 5.02 Å². The average molecular weight is 277 g/mol. The molecular weight excluding hydrogens is 264 g/mol. The van der Waals surface area contributed by atoms with E-state index in [-0.39, 0.29) is 11.8 Å². The number of halogens is 1. The Hall–Kier alpha value is -1.99. The van der Waals surface area contributed by atoms with E-state index in [1.807, 2.05) is 26.0 Å². The molecule has 4 nitrogen and oxygen atoms in total. The summed E-state index contributed by atoms with van der Waals surface area (Å²) >= 11 is 6.23. The van der Waals surface area contributed by atoms with Gasteiger partial charge in [0, 0.05) is 11.5 Å². The number of fused-ring (bicyclic) bond motifs is 1. The summed E-state index contributed by atoms with van der Waals surface area (Å²) in [5, 5.41) is 10.2. The Balaban J connectivity index is 2.75. The molecule has 0 unspecified atom stereocenters. The minimum Gasteiger partial charge on any atom is -0.495 e. The van der Waals surface area contributed by atoms with Gasteiger partial charge in [-0.1, -0.05) is 11.6 Å². The molecule has 1 aromatic carbocycles. The van der Waals surface area contributed by atoms with Crippen molar-refractivity contribution in [1.82, 2.24) is 4.98 Å². The molecule has 0 aliphatic heterocycles. The highest BCUT2D eigenvalue weighted by atomic mass is 35.5. The second kappa shape index (κ2) is 5.33. The first-order valence-corrected chi connectivity index (χ1v) is 6.18. The number of rotatable bonds is 3. The van der Waals surface area contributed by atoms with Gasteiger partial charge in [-0.3, -0.25) is 0 Å². The van der Waals surface area contributed by atoms with E-state index in [1.54, 1.807) is 12.1 Å². The fraction of sp³-hybridized carbons (Fsp3) is 0.286. The summed E-state index contributed by atoms with van der Waals surface area (Å²) in [5.41, 5.74) is 0.772. The number of nitriles is 1. The average Bonchev–Trinajstić information content (AvgIpc) is 2.39. The van der Waals surface area contributed by atoms with Crippen molar-refractivity contribution in [3.05, 3.63) is 28.9 Å². The molecule has 0 saturated heterocycles. The molecule has 98 valence electrons. The third-order valence-corrected chi connectivity index (χ3v) is 2.91. The van der Waals surface area contributed by atoms with Crippen molar-refractivity contribution in [3.63, 3.8) is 0 Å². The Morgan fingerprint density at radius 1 is 1.32 bits per heavy atom.